The molecular formula is C17H26N4OS. The summed E-state index contributed by atoms with van der Waals surface area (Å²) in [6.07, 6.45) is 0. The molecule has 0 aliphatic carbocycles. The minimum Gasteiger partial charge on any atom is -0.464 e. The highest BCUT2D eigenvalue weighted by molar-refractivity contribution is 7.09. The van der Waals surface area contributed by atoms with Crippen molar-refractivity contribution in [2.45, 2.75) is 52.6 Å². The van der Waals surface area contributed by atoms with Gasteiger partial charge < -0.3 is 15.1 Å². The van der Waals surface area contributed by atoms with Gasteiger partial charge in [0.05, 0.1) is 18.3 Å². The van der Waals surface area contributed by atoms with Crippen LogP contribution in [0.1, 0.15) is 56.0 Å². The molecule has 2 aromatic rings. The summed E-state index contributed by atoms with van der Waals surface area (Å²) in [7, 11) is 1.76. The van der Waals surface area contributed by atoms with Crippen molar-refractivity contribution in [3.63, 3.8) is 0 Å². The molecule has 126 valence electrons. The Morgan fingerprint density at radius 1 is 1.39 bits per heavy atom. The summed E-state index contributed by atoms with van der Waals surface area (Å²) in [5.74, 6) is 2.54. The average molecular weight is 334 g/mol. The summed E-state index contributed by atoms with van der Waals surface area (Å²) in [6.45, 7) is 11.2. The fourth-order valence-electron chi connectivity index (χ4n) is 2.05. The van der Waals surface area contributed by atoms with Gasteiger partial charge in [0.2, 0.25) is 0 Å². The van der Waals surface area contributed by atoms with Crippen LogP contribution in [0.4, 0.5) is 0 Å². The van der Waals surface area contributed by atoms with Crippen LogP contribution in [0.25, 0.3) is 0 Å². The summed E-state index contributed by atoms with van der Waals surface area (Å²) in [4.78, 5) is 8.94. The van der Waals surface area contributed by atoms with E-state index in [0.717, 1.165) is 28.2 Å². The molecule has 2 heterocycles. The molecule has 0 aromatic carbocycles. The topological polar surface area (TPSA) is 62.5 Å². The van der Waals surface area contributed by atoms with Gasteiger partial charge in [0.15, 0.2) is 5.96 Å². The first kappa shape index (κ1) is 17.5. The zero-order valence-electron chi connectivity index (χ0n) is 14.7. The van der Waals surface area contributed by atoms with Crippen LogP contribution in [-0.4, -0.2) is 18.0 Å². The highest BCUT2D eigenvalue weighted by Gasteiger charge is 2.17. The Labute approximate surface area is 142 Å². The van der Waals surface area contributed by atoms with Crippen molar-refractivity contribution in [2.75, 3.05) is 7.05 Å². The maximum absolute atomic E-state index is 5.64. The normalized spacial score (nSPS) is 13.9. The summed E-state index contributed by atoms with van der Waals surface area (Å²) < 4.78 is 5.64. The second kappa shape index (κ2) is 7.17. The van der Waals surface area contributed by atoms with Crippen molar-refractivity contribution in [2.24, 2.45) is 4.99 Å². The van der Waals surface area contributed by atoms with Crippen LogP contribution in [0.5, 0.6) is 0 Å². The number of thiazole rings is 1. The van der Waals surface area contributed by atoms with E-state index in [2.05, 4.69) is 46.8 Å². The number of hydrogen-bond acceptors (Lipinski definition) is 4. The largest absolute Gasteiger partial charge is 0.464 e. The maximum atomic E-state index is 5.64. The fraction of sp³-hybridized carbons (Fsp3) is 0.529. The summed E-state index contributed by atoms with van der Waals surface area (Å²) in [5, 5.41) is 9.81. The average Bonchev–Trinajstić information content (AvgIpc) is 3.11. The number of aliphatic imine (C=N–C) groups is 1. The van der Waals surface area contributed by atoms with E-state index in [1.165, 1.54) is 0 Å². The molecule has 1 unspecified atom stereocenters. The molecule has 0 aliphatic rings. The third kappa shape index (κ3) is 4.82. The lowest BCUT2D eigenvalue weighted by atomic mass is 9.93. The molecule has 1 atom stereocenters. The highest BCUT2D eigenvalue weighted by atomic mass is 32.1. The van der Waals surface area contributed by atoms with Gasteiger partial charge in [0.25, 0.3) is 0 Å². The number of aromatic nitrogens is 1. The van der Waals surface area contributed by atoms with E-state index in [1.807, 2.05) is 26.0 Å². The third-order valence-corrected chi connectivity index (χ3v) is 4.34. The van der Waals surface area contributed by atoms with Crippen LogP contribution in [0.2, 0.25) is 0 Å². The van der Waals surface area contributed by atoms with E-state index in [9.17, 15) is 0 Å². The lowest BCUT2D eigenvalue weighted by Crippen LogP contribution is -2.38. The maximum Gasteiger partial charge on any atom is 0.191 e. The van der Waals surface area contributed by atoms with Crippen molar-refractivity contribution >= 4 is 17.3 Å². The summed E-state index contributed by atoms with van der Waals surface area (Å²) in [6, 6.07) is 4.00. The molecular weight excluding hydrogens is 308 g/mol. The van der Waals surface area contributed by atoms with E-state index in [0.29, 0.717) is 6.54 Å². The zero-order chi connectivity index (χ0) is 17.0. The van der Waals surface area contributed by atoms with E-state index in [1.54, 1.807) is 18.4 Å². The van der Waals surface area contributed by atoms with Crippen LogP contribution in [0, 0.1) is 6.92 Å². The van der Waals surface area contributed by atoms with E-state index in [4.69, 9.17) is 4.42 Å². The van der Waals surface area contributed by atoms with Gasteiger partial charge in [-0.25, -0.2) is 4.98 Å². The first-order chi connectivity index (χ1) is 10.8. The molecule has 0 aliphatic heterocycles. The molecule has 2 rings (SSSR count). The van der Waals surface area contributed by atoms with Crippen molar-refractivity contribution < 1.29 is 4.42 Å². The van der Waals surface area contributed by atoms with Crippen LogP contribution in [-0.2, 0) is 12.0 Å². The SMILES string of the molecule is CN=C(NCc1nc(C(C)(C)C)cs1)NC(C)c1ccc(C)o1. The smallest absolute Gasteiger partial charge is 0.191 e. The van der Waals surface area contributed by atoms with Gasteiger partial charge >= 0.3 is 0 Å². The van der Waals surface area contributed by atoms with E-state index >= 15 is 0 Å². The van der Waals surface area contributed by atoms with Crippen LogP contribution < -0.4 is 10.6 Å². The number of nitrogens with one attached hydrogen (secondary N) is 2. The molecule has 2 N–H and O–H groups in total. The summed E-state index contributed by atoms with van der Waals surface area (Å²) >= 11 is 1.67. The molecule has 0 fully saturated rings. The molecule has 0 saturated carbocycles. The summed E-state index contributed by atoms with van der Waals surface area (Å²) in [5.41, 5.74) is 1.21. The Hall–Kier alpha value is -1.82. The van der Waals surface area contributed by atoms with Crippen LogP contribution >= 0.6 is 11.3 Å². The Morgan fingerprint density at radius 3 is 2.65 bits per heavy atom. The monoisotopic (exact) mass is 334 g/mol. The second-order valence-electron chi connectivity index (χ2n) is 6.62. The molecule has 0 saturated heterocycles. The van der Waals surface area contributed by atoms with Gasteiger partial charge in [-0.15, -0.1) is 11.3 Å². The number of furan rings is 1. The zero-order valence-corrected chi connectivity index (χ0v) is 15.5. The highest BCUT2D eigenvalue weighted by Crippen LogP contribution is 2.23. The van der Waals surface area contributed by atoms with Gasteiger partial charge in [-0.3, -0.25) is 4.99 Å². The Morgan fingerprint density at radius 2 is 2.13 bits per heavy atom. The Bertz CT molecular complexity index is 666. The standard InChI is InChI=1S/C17H26N4OS/c1-11-7-8-13(22-11)12(2)20-16(18-6)19-9-15-21-14(10-23-15)17(3,4)5/h7-8,10,12H,9H2,1-6H3,(H2,18,19,20). The number of nitrogens with zero attached hydrogens (tertiary/aromatic N) is 2. The van der Waals surface area contributed by atoms with Crippen LogP contribution in [0.3, 0.4) is 0 Å². The minimum atomic E-state index is 0.0522. The number of rotatable bonds is 4. The predicted octanol–water partition coefficient (Wildman–Crippen LogP) is 3.77. The first-order valence-corrected chi connectivity index (χ1v) is 8.66. The van der Waals surface area contributed by atoms with Gasteiger partial charge in [-0.05, 0) is 26.0 Å². The van der Waals surface area contributed by atoms with Crippen molar-refractivity contribution in [3.8, 4) is 0 Å². The molecule has 0 bridgehead atoms. The van der Waals surface area contributed by atoms with Gasteiger partial charge in [0, 0.05) is 17.8 Å². The predicted molar refractivity (Wildman–Crippen MR) is 96.0 cm³/mol. The van der Waals surface area contributed by atoms with Crippen molar-refractivity contribution in [1.29, 1.82) is 0 Å². The van der Waals surface area contributed by atoms with Crippen molar-refractivity contribution in [3.05, 3.63) is 39.7 Å². The third-order valence-electron chi connectivity index (χ3n) is 3.49. The van der Waals surface area contributed by atoms with Crippen molar-refractivity contribution in [1.82, 2.24) is 15.6 Å². The van der Waals surface area contributed by atoms with Crippen LogP contribution in [0.15, 0.2) is 26.9 Å². The van der Waals surface area contributed by atoms with Gasteiger partial charge in [-0.1, -0.05) is 20.8 Å². The number of aryl methyl sites for hydroxylation is 1. The number of guanidine groups is 1. The Balaban J connectivity index is 1.91. The quantitative estimate of drug-likeness (QED) is 0.660. The lowest BCUT2D eigenvalue weighted by Gasteiger charge is -2.16. The van der Waals surface area contributed by atoms with Gasteiger partial charge in [-0.2, -0.15) is 0 Å². The number of hydrogen-bond donors (Lipinski definition) is 2. The fourth-order valence-corrected chi connectivity index (χ4v) is 3.01. The minimum absolute atomic E-state index is 0.0522. The first-order valence-electron chi connectivity index (χ1n) is 7.78. The van der Waals surface area contributed by atoms with E-state index < -0.39 is 0 Å². The molecule has 0 amide bonds. The second-order valence-corrected chi connectivity index (χ2v) is 7.56. The van der Waals surface area contributed by atoms with E-state index in [-0.39, 0.29) is 11.5 Å². The Kier molecular flexibility index (Phi) is 5.46. The molecule has 0 spiro atoms. The molecule has 6 heteroatoms. The lowest BCUT2D eigenvalue weighted by molar-refractivity contribution is 0.441. The van der Waals surface area contributed by atoms with Gasteiger partial charge in [0.1, 0.15) is 16.5 Å². The molecule has 5 nitrogen and oxygen atoms in total. The molecule has 2 aromatic heterocycles. The molecule has 23 heavy (non-hydrogen) atoms. The molecule has 0 radical (unpaired) electrons.